The van der Waals surface area contributed by atoms with Crippen LogP contribution in [-0.2, 0) is 22.6 Å². The minimum atomic E-state index is -1.04. The highest BCUT2D eigenvalue weighted by atomic mass is 16.5. The van der Waals surface area contributed by atoms with Gasteiger partial charge in [0.05, 0.1) is 26.3 Å². The molecule has 12 heteroatoms. The van der Waals surface area contributed by atoms with Crippen LogP contribution in [0.2, 0.25) is 0 Å². The maximum absolute atomic E-state index is 12.0. The number of methoxy groups -OCH3 is 2. The van der Waals surface area contributed by atoms with E-state index in [1.165, 1.54) is 20.5 Å². The molecule has 0 aliphatic carbocycles. The second-order valence-corrected chi connectivity index (χ2v) is 8.64. The molecule has 0 aliphatic rings. The van der Waals surface area contributed by atoms with Gasteiger partial charge in [0, 0.05) is 6.54 Å². The monoisotopic (exact) mass is 525 g/mol. The minimum Gasteiger partial charge on any atom is -0.493 e. The molecular formula is C26H35N7O5. The highest BCUT2D eigenvalue weighted by molar-refractivity contribution is 5.94. The number of hydrogen-bond acceptors (Lipinski definition) is 7. The zero-order valence-electron chi connectivity index (χ0n) is 22.0. The van der Waals surface area contributed by atoms with Crippen molar-refractivity contribution in [3.63, 3.8) is 0 Å². The van der Waals surface area contributed by atoms with Gasteiger partial charge in [-0.25, -0.2) is 14.5 Å². The number of amides is 1. The molecule has 0 saturated carbocycles. The van der Waals surface area contributed by atoms with Crippen molar-refractivity contribution in [3.8, 4) is 17.2 Å². The number of aromatic nitrogens is 3. The van der Waals surface area contributed by atoms with E-state index < -0.39 is 17.9 Å². The van der Waals surface area contributed by atoms with E-state index in [4.69, 9.17) is 26.0 Å². The van der Waals surface area contributed by atoms with Crippen molar-refractivity contribution >= 4 is 17.8 Å². The Morgan fingerprint density at radius 3 is 2.42 bits per heavy atom. The number of aliphatic carboxylic acids is 1. The van der Waals surface area contributed by atoms with Gasteiger partial charge < -0.3 is 31.4 Å². The molecule has 3 aromatic rings. The van der Waals surface area contributed by atoms with Crippen molar-refractivity contribution in [2.24, 2.45) is 22.4 Å². The predicted molar refractivity (Wildman–Crippen MR) is 143 cm³/mol. The molecule has 204 valence electrons. The first-order valence-electron chi connectivity index (χ1n) is 11.9. The molecule has 1 atom stereocenters. The standard InChI is InChI=1S/C17H25N3O5.C9H10N4/c1-10(2)7-12(16(22)23)19-17(18)20-15(21)9-11-5-6-13(24-3)14(8-11)25-4;10-5-8-2-1-3-9(4-8)13-7-11-6-12-13/h5-6,8,10,12H,7,9H2,1-4H3,(H,22,23)(H3,18,19,20,21);1-4,6-7H,5,10H2. The first-order valence-corrected chi connectivity index (χ1v) is 11.9. The zero-order valence-corrected chi connectivity index (χ0v) is 22.0. The molecule has 1 heterocycles. The first-order chi connectivity index (χ1) is 18.2. The summed E-state index contributed by atoms with van der Waals surface area (Å²) < 4.78 is 12.0. The van der Waals surface area contributed by atoms with Crippen LogP contribution in [0.1, 0.15) is 31.4 Å². The summed E-state index contributed by atoms with van der Waals surface area (Å²) in [4.78, 5) is 30.8. The van der Waals surface area contributed by atoms with Crippen LogP contribution < -0.4 is 26.3 Å². The number of nitrogens with one attached hydrogen (secondary N) is 1. The van der Waals surface area contributed by atoms with E-state index in [-0.39, 0.29) is 18.3 Å². The van der Waals surface area contributed by atoms with E-state index in [0.717, 1.165) is 11.3 Å². The van der Waals surface area contributed by atoms with Crippen molar-refractivity contribution in [1.82, 2.24) is 20.1 Å². The lowest BCUT2D eigenvalue weighted by molar-refractivity contribution is -0.139. The lowest BCUT2D eigenvalue weighted by Gasteiger charge is -2.16. The molecule has 1 unspecified atom stereocenters. The van der Waals surface area contributed by atoms with Crippen molar-refractivity contribution in [2.45, 2.75) is 39.3 Å². The number of nitrogens with zero attached hydrogens (tertiary/aromatic N) is 4. The Labute approximate surface area is 221 Å². The SMILES string of the molecule is COc1ccc(CC(=O)N=C(N)NC(CC(C)C)C(=O)O)cc1OC.NCc1cccc(-n2cncn2)c1. The highest BCUT2D eigenvalue weighted by Gasteiger charge is 2.19. The van der Waals surface area contributed by atoms with Gasteiger partial charge in [-0.2, -0.15) is 10.1 Å². The summed E-state index contributed by atoms with van der Waals surface area (Å²) in [5, 5.41) is 15.8. The summed E-state index contributed by atoms with van der Waals surface area (Å²) in [6, 6.07) is 12.1. The number of rotatable bonds is 10. The second kappa shape index (κ2) is 15.0. The average molecular weight is 526 g/mol. The third-order valence-corrected chi connectivity index (χ3v) is 5.21. The Kier molecular flexibility index (Phi) is 11.7. The van der Waals surface area contributed by atoms with Gasteiger partial charge in [0.15, 0.2) is 17.5 Å². The lowest BCUT2D eigenvalue weighted by atomic mass is 10.0. The average Bonchev–Trinajstić information content (AvgIpc) is 3.43. The summed E-state index contributed by atoms with van der Waals surface area (Å²) in [6.07, 6.45) is 3.55. The van der Waals surface area contributed by atoms with E-state index in [2.05, 4.69) is 20.4 Å². The summed E-state index contributed by atoms with van der Waals surface area (Å²) in [6.45, 7) is 4.34. The van der Waals surface area contributed by atoms with Crippen LogP contribution >= 0.6 is 0 Å². The van der Waals surface area contributed by atoms with Crippen molar-refractivity contribution in [3.05, 3.63) is 66.2 Å². The molecule has 1 amide bonds. The van der Waals surface area contributed by atoms with Crippen LogP contribution in [0.25, 0.3) is 5.69 Å². The maximum Gasteiger partial charge on any atom is 0.326 e. The maximum atomic E-state index is 12.0. The van der Waals surface area contributed by atoms with Crippen LogP contribution in [0.4, 0.5) is 0 Å². The van der Waals surface area contributed by atoms with Gasteiger partial charge in [-0.3, -0.25) is 4.79 Å². The molecule has 0 radical (unpaired) electrons. The van der Waals surface area contributed by atoms with Crippen LogP contribution in [0, 0.1) is 5.92 Å². The Morgan fingerprint density at radius 2 is 1.84 bits per heavy atom. The van der Waals surface area contributed by atoms with Gasteiger partial charge in [0.25, 0.3) is 5.91 Å². The topological polar surface area (TPSA) is 180 Å². The quantitative estimate of drug-likeness (QED) is 0.225. The Balaban J connectivity index is 0.000000323. The van der Waals surface area contributed by atoms with E-state index in [0.29, 0.717) is 30.0 Å². The van der Waals surface area contributed by atoms with Crippen molar-refractivity contribution in [1.29, 1.82) is 0 Å². The fourth-order valence-corrected chi connectivity index (χ4v) is 3.41. The third kappa shape index (κ3) is 9.54. The van der Waals surface area contributed by atoms with E-state index in [9.17, 15) is 9.59 Å². The lowest BCUT2D eigenvalue weighted by Crippen LogP contribution is -2.45. The van der Waals surface area contributed by atoms with Crippen molar-refractivity contribution in [2.75, 3.05) is 14.2 Å². The van der Waals surface area contributed by atoms with E-state index >= 15 is 0 Å². The Hall–Kier alpha value is -4.45. The number of carbonyl (C=O) groups is 2. The van der Waals surface area contributed by atoms with Crippen LogP contribution in [0.5, 0.6) is 11.5 Å². The fourth-order valence-electron chi connectivity index (χ4n) is 3.41. The fraction of sp³-hybridized carbons (Fsp3) is 0.346. The van der Waals surface area contributed by atoms with Crippen LogP contribution in [0.3, 0.4) is 0 Å². The summed E-state index contributed by atoms with van der Waals surface area (Å²) >= 11 is 0. The number of carboxylic acid groups (broad SMARTS) is 1. The third-order valence-electron chi connectivity index (χ3n) is 5.21. The van der Waals surface area contributed by atoms with Gasteiger partial charge in [-0.1, -0.05) is 32.0 Å². The second-order valence-electron chi connectivity index (χ2n) is 8.64. The van der Waals surface area contributed by atoms with Gasteiger partial charge in [-0.15, -0.1) is 0 Å². The molecule has 1 aromatic heterocycles. The number of carboxylic acids is 1. The normalized spacial score (nSPS) is 11.8. The van der Waals surface area contributed by atoms with E-state index in [1.807, 2.05) is 38.1 Å². The van der Waals surface area contributed by atoms with Crippen LogP contribution in [-0.4, -0.2) is 58.0 Å². The minimum absolute atomic E-state index is 0.00462. The first kappa shape index (κ1) is 29.8. The van der Waals surface area contributed by atoms with Gasteiger partial charge in [0.1, 0.15) is 18.7 Å². The molecule has 12 nitrogen and oxygen atoms in total. The number of ether oxygens (including phenoxy) is 2. The smallest absolute Gasteiger partial charge is 0.326 e. The number of guanidine groups is 1. The summed E-state index contributed by atoms with van der Waals surface area (Å²) in [7, 11) is 3.03. The van der Waals surface area contributed by atoms with Crippen LogP contribution in [0.15, 0.2) is 60.1 Å². The molecule has 38 heavy (non-hydrogen) atoms. The molecule has 3 rings (SSSR count). The number of aliphatic imine (C=N–C) groups is 1. The molecular weight excluding hydrogens is 490 g/mol. The summed E-state index contributed by atoms with van der Waals surface area (Å²) in [5.74, 6) is -0.528. The van der Waals surface area contributed by atoms with Crippen molar-refractivity contribution < 1.29 is 24.2 Å². The largest absolute Gasteiger partial charge is 0.493 e. The highest BCUT2D eigenvalue weighted by Crippen LogP contribution is 2.27. The zero-order chi connectivity index (χ0) is 28.1. The molecule has 0 spiro atoms. The predicted octanol–water partition coefficient (Wildman–Crippen LogP) is 1.90. The number of carbonyl (C=O) groups excluding carboxylic acids is 1. The molecule has 0 saturated heterocycles. The Morgan fingerprint density at radius 1 is 1.11 bits per heavy atom. The molecule has 0 aliphatic heterocycles. The van der Waals surface area contributed by atoms with Gasteiger partial charge in [0.2, 0.25) is 0 Å². The molecule has 0 fully saturated rings. The van der Waals surface area contributed by atoms with E-state index in [1.54, 1.807) is 29.2 Å². The number of benzene rings is 2. The van der Waals surface area contributed by atoms with Gasteiger partial charge in [-0.05, 0) is 47.7 Å². The molecule has 0 bridgehead atoms. The number of nitrogens with two attached hydrogens (primary N) is 2. The molecule has 6 N–H and O–H groups in total. The number of hydrogen-bond donors (Lipinski definition) is 4. The summed E-state index contributed by atoms with van der Waals surface area (Å²) in [5.41, 5.74) is 13.9. The Bertz CT molecular complexity index is 1210. The molecule has 2 aromatic carbocycles. The van der Waals surface area contributed by atoms with Gasteiger partial charge >= 0.3 is 5.97 Å².